The van der Waals surface area contributed by atoms with E-state index in [2.05, 4.69) is 50.3 Å². The Morgan fingerprint density at radius 3 is 2.65 bits per heavy atom. The van der Waals surface area contributed by atoms with Gasteiger partial charge in [-0.2, -0.15) is 9.97 Å². The predicted octanol–water partition coefficient (Wildman–Crippen LogP) is 3.20. The summed E-state index contributed by atoms with van der Waals surface area (Å²) in [7, 11) is 2.16. The van der Waals surface area contributed by atoms with E-state index in [0.29, 0.717) is 41.8 Å². The molecule has 1 N–H and O–H groups in total. The maximum atomic E-state index is 13.3. The Bertz CT molecular complexity index is 1480. The molecular formula is C27H30N8O2. The number of benzene rings is 1. The number of allylic oxidation sites excluding steroid dienone is 2. The Morgan fingerprint density at radius 2 is 1.81 bits per heavy atom. The van der Waals surface area contributed by atoms with Crippen LogP contribution in [0.15, 0.2) is 65.6 Å². The first kappa shape index (κ1) is 23.2. The lowest BCUT2D eigenvalue weighted by atomic mass is 10.2. The van der Waals surface area contributed by atoms with Gasteiger partial charge in [0, 0.05) is 49.8 Å². The van der Waals surface area contributed by atoms with Gasteiger partial charge in [0.2, 0.25) is 11.8 Å². The van der Waals surface area contributed by atoms with Gasteiger partial charge in [0.05, 0.1) is 13.2 Å². The Hall–Kier alpha value is -4.18. The number of hydrogen-bond acceptors (Lipinski definition) is 8. The molecule has 190 valence electrons. The molecule has 10 nitrogen and oxygen atoms in total. The summed E-state index contributed by atoms with van der Waals surface area (Å²) in [4.78, 5) is 31.9. The molecule has 6 rings (SSSR count). The van der Waals surface area contributed by atoms with Crippen LogP contribution in [0.1, 0.15) is 12.8 Å². The van der Waals surface area contributed by atoms with Crippen LogP contribution in [0, 0.1) is 0 Å². The molecule has 2 aliphatic heterocycles. The van der Waals surface area contributed by atoms with Crippen molar-refractivity contribution in [1.82, 2.24) is 29.2 Å². The molecule has 2 aliphatic rings. The van der Waals surface area contributed by atoms with E-state index in [1.165, 1.54) is 5.69 Å². The topological polar surface area (TPSA) is 93.3 Å². The van der Waals surface area contributed by atoms with Crippen molar-refractivity contribution in [2.45, 2.75) is 19.4 Å². The summed E-state index contributed by atoms with van der Waals surface area (Å²) in [5.41, 5.74) is 2.42. The fraction of sp³-hybridized carbons (Fsp3) is 0.333. The van der Waals surface area contributed by atoms with Crippen LogP contribution >= 0.6 is 0 Å². The highest BCUT2D eigenvalue weighted by Crippen LogP contribution is 2.23. The van der Waals surface area contributed by atoms with Crippen LogP contribution < -0.4 is 20.5 Å². The van der Waals surface area contributed by atoms with Gasteiger partial charge in [0.25, 0.3) is 5.56 Å². The number of piperazine rings is 1. The van der Waals surface area contributed by atoms with E-state index in [9.17, 15) is 4.79 Å². The van der Waals surface area contributed by atoms with Crippen molar-refractivity contribution in [1.29, 1.82) is 0 Å². The van der Waals surface area contributed by atoms with Gasteiger partial charge >= 0.3 is 0 Å². The maximum Gasteiger partial charge on any atom is 0.278 e. The van der Waals surface area contributed by atoms with Crippen LogP contribution in [0.2, 0.25) is 0 Å². The Kier molecular flexibility index (Phi) is 6.32. The molecule has 1 fully saturated rings. The van der Waals surface area contributed by atoms with Gasteiger partial charge in [-0.25, -0.2) is 14.3 Å². The highest BCUT2D eigenvalue weighted by molar-refractivity contribution is 5.77. The fourth-order valence-electron chi connectivity index (χ4n) is 4.71. The van der Waals surface area contributed by atoms with E-state index in [4.69, 9.17) is 9.72 Å². The third kappa shape index (κ3) is 4.79. The number of ether oxygens (including phenoxy) is 1. The van der Waals surface area contributed by atoms with Crippen LogP contribution in [0.5, 0.6) is 5.88 Å². The third-order valence-electron chi connectivity index (χ3n) is 6.80. The van der Waals surface area contributed by atoms with Gasteiger partial charge in [0.15, 0.2) is 11.5 Å². The molecule has 0 atom stereocenters. The second-order valence-electron chi connectivity index (χ2n) is 9.39. The van der Waals surface area contributed by atoms with Crippen molar-refractivity contribution in [3.05, 3.63) is 71.2 Å². The highest BCUT2D eigenvalue weighted by atomic mass is 16.5. The quantitative estimate of drug-likeness (QED) is 0.431. The lowest BCUT2D eigenvalue weighted by molar-refractivity contribution is 0.299. The zero-order chi connectivity index (χ0) is 25.2. The Balaban J connectivity index is 1.34. The molecule has 1 aromatic carbocycles. The summed E-state index contributed by atoms with van der Waals surface area (Å²) in [5, 5.41) is 3.73. The number of nitrogens with one attached hydrogen (secondary N) is 1. The number of aromatic nitrogens is 5. The molecule has 0 radical (unpaired) electrons. The van der Waals surface area contributed by atoms with Crippen molar-refractivity contribution < 1.29 is 4.74 Å². The number of pyridine rings is 1. The normalized spacial score (nSPS) is 16.5. The zero-order valence-electron chi connectivity index (χ0n) is 20.9. The van der Waals surface area contributed by atoms with Crippen LogP contribution in [-0.4, -0.2) is 69.0 Å². The number of rotatable bonds is 3. The molecule has 10 heteroatoms. The van der Waals surface area contributed by atoms with Gasteiger partial charge in [-0.05, 0) is 50.2 Å². The summed E-state index contributed by atoms with van der Waals surface area (Å²) in [6, 6.07) is 13.9. The molecule has 3 aromatic heterocycles. The average Bonchev–Trinajstić information content (AvgIpc) is 3.19. The summed E-state index contributed by atoms with van der Waals surface area (Å²) in [6.45, 7) is 5.17. The highest BCUT2D eigenvalue weighted by Gasteiger charge is 2.19. The number of likely N-dealkylation sites (N-methyl/N-ethyl adjacent to an activating group) is 1. The van der Waals surface area contributed by atoms with Crippen molar-refractivity contribution in [3.8, 4) is 11.7 Å². The van der Waals surface area contributed by atoms with Gasteiger partial charge in [-0.1, -0.05) is 18.2 Å². The van der Waals surface area contributed by atoms with Crippen molar-refractivity contribution in [2.75, 3.05) is 50.1 Å². The zero-order valence-corrected chi connectivity index (χ0v) is 20.9. The minimum atomic E-state index is -0.159. The van der Waals surface area contributed by atoms with Crippen LogP contribution in [0.3, 0.4) is 0 Å². The van der Waals surface area contributed by atoms with Gasteiger partial charge in [-0.3, -0.25) is 4.79 Å². The number of anilines is 3. The van der Waals surface area contributed by atoms with Crippen LogP contribution in [-0.2, 0) is 6.54 Å². The summed E-state index contributed by atoms with van der Waals surface area (Å²) >= 11 is 0. The largest absolute Gasteiger partial charge is 0.478 e. The average molecular weight is 499 g/mol. The molecule has 0 saturated carbocycles. The molecule has 1 saturated heterocycles. The first-order valence-corrected chi connectivity index (χ1v) is 12.7. The molecular weight excluding hydrogens is 468 g/mol. The maximum absolute atomic E-state index is 13.3. The summed E-state index contributed by atoms with van der Waals surface area (Å²) in [5.74, 6) is 1.50. The molecule has 4 aromatic rings. The van der Waals surface area contributed by atoms with E-state index in [0.717, 1.165) is 44.7 Å². The lowest BCUT2D eigenvalue weighted by Gasteiger charge is -2.34. The number of hydrogen-bond donors (Lipinski definition) is 1. The smallest absolute Gasteiger partial charge is 0.278 e. The molecule has 0 spiro atoms. The van der Waals surface area contributed by atoms with Crippen molar-refractivity contribution in [2.24, 2.45) is 0 Å². The van der Waals surface area contributed by atoms with E-state index >= 15 is 0 Å². The second kappa shape index (κ2) is 10.1. The molecule has 0 amide bonds. The Labute approximate surface area is 214 Å². The molecule has 0 aliphatic carbocycles. The van der Waals surface area contributed by atoms with E-state index in [-0.39, 0.29) is 5.56 Å². The fourth-order valence-corrected chi connectivity index (χ4v) is 4.71. The monoisotopic (exact) mass is 498 g/mol. The molecule has 2 bridgehead atoms. The molecule has 0 unspecified atom stereocenters. The molecule has 5 heterocycles. The van der Waals surface area contributed by atoms with E-state index in [1.807, 2.05) is 36.4 Å². The summed E-state index contributed by atoms with van der Waals surface area (Å²) in [6.07, 6.45) is 7.41. The summed E-state index contributed by atoms with van der Waals surface area (Å²) < 4.78 is 9.20. The van der Waals surface area contributed by atoms with Crippen LogP contribution in [0.4, 0.5) is 17.3 Å². The SMILES string of the molecule is CN1CCN(c2ccc(Nc3ncc4c(=O)n5n(c4n3)-c3cccc(n3)OCCCC=CC5)cc2)CC1. The minimum Gasteiger partial charge on any atom is -0.478 e. The standard InChI is InChI=1S/C27H30N8O2/c1-32-14-16-33(17-15-32)21-11-9-20(10-12-21)29-27-28-19-22-25(31-27)35-23-7-6-8-24(30-23)37-18-5-3-2-4-13-34(35)26(22)36/h2,4,6-12,19H,3,5,13-18H2,1H3,(H,28,29,31). The Morgan fingerprint density at radius 1 is 0.973 bits per heavy atom. The van der Waals surface area contributed by atoms with Gasteiger partial charge < -0.3 is 19.9 Å². The second-order valence-corrected chi connectivity index (χ2v) is 9.39. The predicted molar refractivity (Wildman–Crippen MR) is 144 cm³/mol. The minimum absolute atomic E-state index is 0.159. The molecule has 37 heavy (non-hydrogen) atoms. The van der Waals surface area contributed by atoms with E-state index < -0.39 is 0 Å². The van der Waals surface area contributed by atoms with E-state index in [1.54, 1.807) is 15.6 Å². The van der Waals surface area contributed by atoms with Gasteiger partial charge in [0.1, 0.15) is 5.39 Å². The van der Waals surface area contributed by atoms with Gasteiger partial charge in [-0.15, -0.1) is 0 Å². The lowest BCUT2D eigenvalue weighted by Crippen LogP contribution is -2.44. The first-order chi connectivity index (χ1) is 18.2. The first-order valence-electron chi connectivity index (χ1n) is 12.7. The number of fused-ring (bicyclic) bond motifs is 6. The third-order valence-corrected chi connectivity index (χ3v) is 6.80. The van der Waals surface area contributed by atoms with Crippen molar-refractivity contribution >= 4 is 28.4 Å². The van der Waals surface area contributed by atoms with Crippen molar-refractivity contribution in [3.63, 3.8) is 0 Å². The van der Waals surface area contributed by atoms with Crippen LogP contribution in [0.25, 0.3) is 16.9 Å². The number of nitrogens with zero attached hydrogens (tertiary/aromatic N) is 7.